The molecule has 1 saturated heterocycles. The highest BCUT2D eigenvalue weighted by Crippen LogP contribution is 2.27. The quantitative estimate of drug-likeness (QED) is 0.406. The molecule has 2 aliphatic heterocycles. The molecule has 1 N–H and O–H groups in total. The number of methoxy groups -OCH3 is 1. The maximum Gasteiger partial charge on any atom is 0.194 e. The molecule has 1 aromatic rings. The fraction of sp³-hybridized carbons (Fsp3) is 0.650. The van der Waals surface area contributed by atoms with Gasteiger partial charge in [0.15, 0.2) is 5.96 Å². The van der Waals surface area contributed by atoms with Gasteiger partial charge in [0.2, 0.25) is 0 Å². The summed E-state index contributed by atoms with van der Waals surface area (Å²) in [6, 6.07) is 6.83. The number of ether oxygens (including phenoxy) is 1. The summed E-state index contributed by atoms with van der Waals surface area (Å²) in [6.45, 7) is 7.88. The Balaban J connectivity index is 0.00000243. The number of aryl methyl sites for hydroxylation is 1. The molecular formula is C20H33IN4O. The van der Waals surface area contributed by atoms with Gasteiger partial charge in [-0.1, -0.05) is 12.1 Å². The van der Waals surface area contributed by atoms with E-state index in [1.807, 2.05) is 0 Å². The van der Waals surface area contributed by atoms with E-state index in [9.17, 15) is 0 Å². The Hall–Kier alpha value is -1.02. The van der Waals surface area contributed by atoms with E-state index in [-0.39, 0.29) is 24.0 Å². The standard InChI is InChI=1S/C20H32N4O.HI/c1-4-21-20(24-11-9-17(14-24)15-25-3)22-13-16-7-8-19-18(12-16)6-5-10-23(19)2;/h7-8,12,17H,4-6,9-11,13-15H2,1-3H3,(H,21,22);1H. The third-order valence-corrected chi connectivity index (χ3v) is 5.23. The minimum absolute atomic E-state index is 0. The number of fused-ring (bicyclic) bond motifs is 1. The zero-order chi connectivity index (χ0) is 17.6. The van der Waals surface area contributed by atoms with Crippen LogP contribution in [0.3, 0.4) is 0 Å². The van der Waals surface area contributed by atoms with E-state index in [0.717, 1.165) is 45.3 Å². The van der Waals surface area contributed by atoms with Crippen LogP contribution in [-0.2, 0) is 17.7 Å². The number of anilines is 1. The second kappa shape index (κ2) is 10.3. The van der Waals surface area contributed by atoms with Gasteiger partial charge >= 0.3 is 0 Å². The van der Waals surface area contributed by atoms with Gasteiger partial charge in [-0.15, -0.1) is 24.0 Å². The number of aliphatic imine (C=N–C) groups is 1. The number of likely N-dealkylation sites (tertiary alicyclic amines) is 1. The molecule has 0 spiro atoms. The van der Waals surface area contributed by atoms with Crippen LogP contribution in [0.25, 0.3) is 0 Å². The van der Waals surface area contributed by atoms with Gasteiger partial charge in [0.1, 0.15) is 0 Å². The van der Waals surface area contributed by atoms with Crippen molar-refractivity contribution in [1.29, 1.82) is 0 Å². The molecule has 1 unspecified atom stereocenters. The van der Waals surface area contributed by atoms with Gasteiger partial charge in [-0.2, -0.15) is 0 Å². The highest BCUT2D eigenvalue weighted by Gasteiger charge is 2.24. The molecule has 2 aliphatic rings. The van der Waals surface area contributed by atoms with Crippen molar-refractivity contribution in [3.8, 4) is 0 Å². The Kier molecular flexibility index (Phi) is 8.47. The molecule has 0 amide bonds. The zero-order valence-electron chi connectivity index (χ0n) is 16.3. The van der Waals surface area contributed by atoms with E-state index in [2.05, 4.69) is 47.3 Å². The largest absolute Gasteiger partial charge is 0.384 e. The summed E-state index contributed by atoms with van der Waals surface area (Å²) in [7, 11) is 3.97. The highest BCUT2D eigenvalue weighted by molar-refractivity contribution is 14.0. The molecule has 0 aliphatic carbocycles. The van der Waals surface area contributed by atoms with Crippen LogP contribution >= 0.6 is 24.0 Å². The number of hydrogen-bond acceptors (Lipinski definition) is 3. The summed E-state index contributed by atoms with van der Waals surface area (Å²) in [5.74, 6) is 1.66. The van der Waals surface area contributed by atoms with Crippen LogP contribution in [0.15, 0.2) is 23.2 Å². The van der Waals surface area contributed by atoms with Crippen LogP contribution in [0, 0.1) is 5.92 Å². The summed E-state index contributed by atoms with van der Waals surface area (Å²) in [5, 5.41) is 3.45. The fourth-order valence-electron chi connectivity index (χ4n) is 3.93. The van der Waals surface area contributed by atoms with Crippen molar-refractivity contribution in [3.05, 3.63) is 29.3 Å². The van der Waals surface area contributed by atoms with Gasteiger partial charge in [0, 0.05) is 51.9 Å². The topological polar surface area (TPSA) is 40.1 Å². The first-order valence-electron chi connectivity index (χ1n) is 9.56. The minimum atomic E-state index is 0. The normalized spacial score (nSPS) is 20.0. The summed E-state index contributed by atoms with van der Waals surface area (Å²) < 4.78 is 5.31. The predicted molar refractivity (Wildman–Crippen MR) is 120 cm³/mol. The Bertz CT molecular complexity index is 607. The maximum absolute atomic E-state index is 5.31. The summed E-state index contributed by atoms with van der Waals surface area (Å²) in [5.41, 5.74) is 4.15. The predicted octanol–water partition coefficient (Wildman–Crippen LogP) is 3.12. The van der Waals surface area contributed by atoms with Gasteiger partial charge in [-0.3, -0.25) is 0 Å². The van der Waals surface area contributed by atoms with Crippen molar-refractivity contribution in [1.82, 2.24) is 10.2 Å². The van der Waals surface area contributed by atoms with Crippen molar-refractivity contribution in [3.63, 3.8) is 0 Å². The van der Waals surface area contributed by atoms with Crippen LogP contribution in [-0.4, -0.2) is 57.8 Å². The van der Waals surface area contributed by atoms with E-state index in [4.69, 9.17) is 9.73 Å². The van der Waals surface area contributed by atoms with Gasteiger partial charge < -0.3 is 19.9 Å². The van der Waals surface area contributed by atoms with Crippen molar-refractivity contribution in [2.24, 2.45) is 10.9 Å². The van der Waals surface area contributed by atoms with Crippen molar-refractivity contribution >= 4 is 35.6 Å². The van der Waals surface area contributed by atoms with Gasteiger partial charge in [0.25, 0.3) is 0 Å². The highest BCUT2D eigenvalue weighted by atomic mass is 127. The second-order valence-electron chi connectivity index (χ2n) is 7.21. The molecule has 3 rings (SSSR count). The molecule has 0 aromatic heterocycles. The van der Waals surface area contributed by atoms with Crippen molar-refractivity contribution in [2.75, 3.05) is 51.8 Å². The van der Waals surface area contributed by atoms with Crippen LogP contribution in [0.2, 0.25) is 0 Å². The molecule has 1 aromatic carbocycles. The van der Waals surface area contributed by atoms with Crippen LogP contribution in [0.4, 0.5) is 5.69 Å². The number of halogens is 1. The summed E-state index contributed by atoms with van der Waals surface area (Å²) in [4.78, 5) is 9.64. The van der Waals surface area contributed by atoms with Crippen molar-refractivity contribution in [2.45, 2.75) is 32.7 Å². The Morgan fingerprint density at radius 2 is 2.19 bits per heavy atom. The summed E-state index contributed by atoms with van der Waals surface area (Å²) >= 11 is 0. The van der Waals surface area contributed by atoms with E-state index >= 15 is 0 Å². The fourth-order valence-corrected chi connectivity index (χ4v) is 3.93. The van der Waals surface area contributed by atoms with Crippen LogP contribution < -0.4 is 10.2 Å². The molecule has 6 heteroatoms. The van der Waals surface area contributed by atoms with Gasteiger partial charge in [-0.05, 0) is 43.4 Å². The first kappa shape index (κ1) is 21.3. The number of nitrogens with one attached hydrogen (secondary N) is 1. The molecular weight excluding hydrogens is 439 g/mol. The zero-order valence-corrected chi connectivity index (χ0v) is 18.7. The Morgan fingerprint density at radius 3 is 2.96 bits per heavy atom. The molecule has 1 atom stereocenters. The lowest BCUT2D eigenvalue weighted by Crippen LogP contribution is -2.40. The first-order valence-corrected chi connectivity index (χ1v) is 9.56. The molecule has 1 fully saturated rings. The molecule has 26 heavy (non-hydrogen) atoms. The smallest absolute Gasteiger partial charge is 0.194 e. The monoisotopic (exact) mass is 472 g/mol. The van der Waals surface area contributed by atoms with E-state index < -0.39 is 0 Å². The lowest BCUT2D eigenvalue weighted by Gasteiger charge is -2.27. The molecule has 0 bridgehead atoms. The summed E-state index contributed by atoms with van der Waals surface area (Å²) in [6.07, 6.45) is 3.61. The van der Waals surface area contributed by atoms with E-state index in [1.165, 1.54) is 36.1 Å². The van der Waals surface area contributed by atoms with Crippen LogP contribution in [0.1, 0.15) is 30.9 Å². The van der Waals surface area contributed by atoms with Crippen LogP contribution in [0.5, 0.6) is 0 Å². The number of guanidine groups is 1. The number of rotatable bonds is 5. The minimum Gasteiger partial charge on any atom is -0.384 e. The van der Waals surface area contributed by atoms with Gasteiger partial charge in [-0.25, -0.2) is 4.99 Å². The number of hydrogen-bond donors (Lipinski definition) is 1. The molecule has 0 radical (unpaired) electrons. The average molecular weight is 472 g/mol. The molecule has 146 valence electrons. The van der Waals surface area contributed by atoms with Gasteiger partial charge in [0.05, 0.1) is 13.2 Å². The second-order valence-corrected chi connectivity index (χ2v) is 7.21. The maximum atomic E-state index is 5.31. The lowest BCUT2D eigenvalue weighted by atomic mass is 10.00. The first-order chi connectivity index (χ1) is 12.2. The lowest BCUT2D eigenvalue weighted by molar-refractivity contribution is 0.157. The molecule has 5 nitrogen and oxygen atoms in total. The number of nitrogens with zero attached hydrogens (tertiary/aromatic N) is 3. The third-order valence-electron chi connectivity index (χ3n) is 5.23. The Morgan fingerprint density at radius 1 is 1.35 bits per heavy atom. The van der Waals surface area contributed by atoms with E-state index in [0.29, 0.717) is 5.92 Å². The SMILES string of the molecule is CCNC(=NCc1ccc2c(c1)CCCN2C)N1CCC(COC)C1.I. The molecule has 2 heterocycles. The third kappa shape index (κ3) is 5.25. The Labute approximate surface area is 175 Å². The van der Waals surface area contributed by atoms with Crippen molar-refractivity contribution < 1.29 is 4.74 Å². The average Bonchev–Trinajstić information content (AvgIpc) is 3.07. The number of benzene rings is 1. The molecule has 0 saturated carbocycles. The van der Waals surface area contributed by atoms with E-state index in [1.54, 1.807) is 7.11 Å².